The van der Waals surface area contributed by atoms with E-state index in [1.165, 1.54) is 11.3 Å². The number of nitrogens with two attached hydrogens (primary N) is 1. The molecule has 1 amide bonds. The molecule has 0 bridgehead atoms. The molecule has 5 aromatic heterocycles. The van der Waals surface area contributed by atoms with Crippen LogP contribution in [0.4, 0.5) is 5.82 Å². The van der Waals surface area contributed by atoms with Crippen molar-refractivity contribution in [1.29, 1.82) is 0 Å². The number of nitrogens with zero attached hydrogens (tertiary/aromatic N) is 5. The van der Waals surface area contributed by atoms with Crippen LogP contribution < -0.4 is 11.1 Å². The largest absolute Gasteiger partial charge is 0.383 e. The number of hydrogen-bond donors (Lipinski definition) is 2. The fourth-order valence-electron chi connectivity index (χ4n) is 4.49. The molecule has 6 rings (SSSR count). The third-order valence-corrected chi connectivity index (χ3v) is 7.27. The topological polar surface area (TPSA) is 112 Å². The fraction of sp³-hybridized carbons (Fsp3) is 0.100. The lowest BCUT2D eigenvalue weighted by atomic mass is 9.98. The van der Waals surface area contributed by atoms with Gasteiger partial charge in [-0.25, -0.2) is 9.97 Å². The summed E-state index contributed by atoms with van der Waals surface area (Å²) in [6.07, 6.45) is 6.87. The van der Waals surface area contributed by atoms with Gasteiger partial charge in [-0.1, -0.05) is 42.2 Å². The van der Waals surface area contributed by atoms with Crippen molar-refractivity contribution in [3.8, 4) is 23.0 Å². The zero-order valence-electron chi connectivity index (χ0n) is 21.2. The lowest BCUT2D eigenvalue weighted by Crippen LogP contribution is -2.29. The van der Waals surface area contributed by atoms with Gasteiger partial charge in [0.15, 0.2) is 0 Å². The van der Waals surface area contributed by atoms with Crippen LogP contribution in [0, 0.1) is 11.8 Å². The average Bonchev–Trinajstić information content (AvgIpc) is 3.56. The molecule has 9 heteroatoms. The molecule has 0 spiro atoms. The minimum Gasteiger partial charge on any atom is -0.383 e. The standard InChI is InChI=1S/C30H23N7OS/c1-18(35-29(38)25-27-21(9-6-12-32-27)15-33-28(25)31)26-23(20-7-4-3-5-8-20)13-24-22(17-39-30(24)36-26)11-10-19-14-34-37(2)16-19/h3-9,12-18H,1-2H3,(H2,31,33)(H,35,38)/t18-/m0/s1. The lowest BCUT2D eigenvalue weighted by Gasteiger charge is -2.18. The average molecular weight is 530 g/mol. The van der Waals surface area contributed by atoms with Gasteiger partial charge in [0.05, 0.1) is 29.0 Å². The Morgan fingerprint density at radius 2 is 1.95 bits per heavy atom. The second kappa shape index (κ2) is 10.0. The van der Waals surface area contributed by atoms with E-state index in [-0.39, 0.29) is 17.3 Å². The van der Waals surface area contributed by atoms with E-state index in [0.29, 0.717) is 5.52 Å². The van der Waals surface area contributed by atoms with Crippen molar-refractivity contribution in [3.63, 3.8) is 0 Å². The van der Waals surface area contributed by atoms with Crippen LogP contribution in [-0.2, 0) is 7.05 Å². The number of anilines is 1. The number of aromatic nitrogens is 5. The van der Waals surface area contributed by atoms with Crippen LogP contribution in [0.5, 0.6) is 0 Å². The van der Waals surface area contributed by atoms with Gasteiger partial charge in [-0.3, -0.25) is 14.5 Å². The van der Waals surface area contributed by atoms with E-state index in [1.807, 2.05) is 61.9 Å². The number of nitrogen functional groups attached to an aromatic ring is 1. The Morgan fingerprint density at radius 1 is 1.10 bits per heavy atom. The van der Waals surface area contributed by atoms with Crippen molar-refractivity contribution in [2.24, 2.45) is 7.05 Å². The van der Waals surface area contributed by atoms with Gasteiger partial charge in [-0.15, -0.1) is 11.3 Å². The fourth-order valence-corrected chi connectivity index (χ4v) is 5.35. The van der Waals surface area contributed by atoms with Crippen molar-refractivity contribution >= 4 is 44.2 Å². The molecule has 0 saturated heterocycles. The highest BCUT2D eigenvalue weighted by molar-refractivity contribution is 7.17. The van der Waals surface area contributed by atoms with Gasteiger partial charge in [0.2, 0.25) is 0 Å². The number of rotatable bonds is 4. The Bertz CT molecular complexity index is 1910. The summed E-state index contributed by atoms with van der Waals surface area (Å²) in [6.45, 7) is 1.91. The van der Waals surface area contributed by atoms with Gasteiger partial charge < -0.3 is 11.1 Å². The number of pyridine rings is 3. The first-order valence-corrected chi connectivity index (χ1v) is 13.1. The molecule has 3 N–H and O–H groups in total. The minimum atomic E-state index is -0.428. The van der Waals surface area contributed by atoms with Gasteiger partial charge in [-0.2, -0.15) is 5.10 Å². The van der Waals surface area contributed by atoms with Crippen LogP contribution in [-0.4, -0.2) is 30.6 Å². The van der Waals surface area contributed by atoms with E-state index in [2.05, 4.69) is 38.3 Å². The van der Waals surface area contributed by atoms with Gasteiger partial charge >= 0.3 is 0 Å². The predicted molar refractivity (Wildman–Crippen MR) is 154 cm³/mol. The second-order valence-electron chi connectivity index (χ2n) is 9.10. The van der Waals surface area contributed by atoms with Crippen molar-refractivity contribution in [1.82, 2.24) is 30.0 Å². The first-order chi connectivity index (χ1) is 19.0. The van der Waals surface area contributed by atoms with Crippen LogP contribution >= 0.6 is 11.3 Å². The van der Waals surface area contributed by atoms with Crippen molar-refractivity contribution in [2.45, 2.75) is 13.0 Å². The summed E-state index contributed by atoms with van der Waals surface area (Å²) < 4.78 is 1.73. The Morgan fingerprint density at radius 3 is 2.74 bits per heavy atom. The van der Waals surface area contributed by atoms with Crippen LogP contribution in [0.3, 0.4) is 0 Å². The van der Waals surface area contributed by atoms with E-state index in [1.54, 1.807) is 29.3 Å². The predicted octanol–water partition coefficient (Wildman–Crippen LogP) is 5.11. The van der Waals surface area contributed by atoms with Crippen LogP contribution in [0.25, 0.3) is 32.2 Å². The van der Waals surface area contributed by atoms with E-state index in [0.717, 1.165) is 43.6 Å². The highest BCUT2D eigenvalue weighted by atomic mass is 32.1. The Labute approximate surface area is 228 Å². The van der Waals surface area contributed by atoms with Crippen LogP contribution in [0.1, 0.15) is 40.1 Å². The number of nitrogens with one attached hydrogen (secondary N) is 1. The van der Waals surface area contributed by atoms with E-state index < -0.39 is 6.04 Å². The quantitative estimate of drug-likeness (QED) is 0.307. The Balaban J connectivity index is 1.41. The number of amides is 1. The van der Waals surface area contributed by atoms with Gasteiger partial charge in [-0.05, 0) is 30.7 Å². The molecule has 1 aromatic carbocycles. The molecule has 0 aliphatic heterocycles. The maximum absolute atomic E-state index is 13.5. The molecule has 39 heavy (non-hydrogen) atoms. The highest BCUT2D eigenvalue weighted by Gasteiger charge is 2.22. The Hall–Kier alpha value is -5.07. The first-order valence-electron chi connectivity index (χ1n) is 12.3. The molecule has 0 unspecified atom stereocenters. The summed E-state index contributed by atoms with van der Waals surface area (Å²) in [5.74, 6) is 6.23. The summed E-state index contributed by atoms with van der Waals surface area (Å²) in [5, 5.41) is 11.0. The van der Waals surface area contributed by atoms with Crippen molar-refractivity contribution in [3.05, 3.63) is 101 Å². The molecule has 6 aromatic rings. The third-order valence-electron chi connectivity index (χ3n) is 6.39. The zero-order chi connectivity index (χ0) is 26.9. The number of hydrogen-bond acceptors (Lipinski definition) is 7. The smallest absolute Gasteiger partial charge is 0.257 e. The lowest BCUT2D eigenvalue weighted by molar-refractivity contribution is 0.0941. The number of fused-ring (bicyclic) bond motifs is 2. The van der Waals surface area contributed by atoms with Crippen LogP contribution in [0.15, 0.2) is 78.7 Å². The molecule has 8 nitrogen and oxygen atoms in total. The second-order valence-corrected chi connectivity index (χ2v) is 9.95. The summed E-state index contributed by atoms with van der Waals surface area (Å²) in [6, 6.07) is 15.3. The number of carbonyl (C=O) groups excluding carboxylic acids is 1. The third kappa shape index (κ3) is 4.69. The zero-order valence-corrected chi connectivity index (χ0v) is 22.0. The maximum atomic E-state index is 13.5. The normalized spacial score (nSPS) is 11.7. The molecular weight excluding hydrogens is 506 g/mol. The number of carbonyl (C=O) groups is 1. The van der Waals surface area contributed by atoms with E-state index in [4.69, 9.17) is 10.7 Å². The van der Waals surface area contributed by atoms with Crippen molar-refractivity contribution in [2.75, 3.05) is 5.73 Å². The number of thiophene rings is 1. The first kappa shape index (κ1) is 24.3. The van der Waals surface area contributed by atoms with E-state index in [9.17, 15) is 4.79 Å². The van der Waals surface area contributed by atoms with Crippen LogP contribution in [0.2, 0.25) is 0 Å². The monoisotopic (exact) mass is 529 g/mol. The molecule has 1 atom stereocenters. The molecule has 0 radical (unpaired) electrons. The molecule has 0 fully saturated rings. The SMILES string of the molecule is C[C@H](NC(=O)c1c(N)ncc2cccnc12)c1nc2scc(C#Cc3cnn(C)c3)c2cc1-c1ccccc1. The summed E-state index contributed by atoms with van der Waals surface area (Å²) in [4.78, 5) is 27.9. The summed E-state index contributed by atoms with van der Waals surface area (Å²) in [7, 11) is 1.87. The van der Waals surface area contributed by atoms with Crippen molar-refractivity contribution < 1.29 is 4.79 Å². The molecular formula is C30H23N7OS. The van der Waals surface area contributed by atoms with E-state index >= 15 is 0 Å². The number of aryl methyl sites for hydroxylation is 1. The maximum Gasteiger partial charge on any atom is 0.257 e. The minimum absolute atomic E-state index is 0.132. The van der Waals surface area contributed by atoms with Gasteiger partial charge in [0, 0.05) is 52.9 Å². The number of benzene rings is 1. The molecule has 5 heterocycles. The molecule has 190 valence electrons. The molecule has 0 aliphatic carbocycles. The van der Waals surface area contributed by atoms with Gasteiger partial charge in [0.1, 0.15) is 16.2 Å². The molecule has 0 aliphatic rings. The summed E-state index contributed by atoms with van der Waals surface area (Å²) >= 11 is 1.52. The molecule has 0 saturated carbocycles. The van der Waals surface area contributed by atoms with Gasteiger partial charge in [0.25, 0.3) is 5.91 Å². The summed E-state index contributed by atoms with van der Waals surface area (Å²) in [5.41, 5.74) is 11.3. The highest BCUT2D eigenvalue weighted by Crippen LogP contribution is 2.34. The Kier molecular flexibility index (Phi) is 6.23.